The fourth-order valence-corrected chi connectivity index (χ4v) is 5.04. The smallest absolute Gasteiger partial charge is 0.264 e. The molecule has 192 valence electrons. The monoisotopic (exact) mass is 622 g/mol. The lowest BCUT2D eigenvalue weighted by Gasteiger charge is -2.15. The minimum atomic E-state index is -3.97. The molecule has 0 spiro atoms. The van der Waals surface area contributed by atoms with E-state index in [9.17, 15) is 13.2 Å². The Balaban J connectivity index is 2.37. The number of hydrogen-bond acceptors (Lipinski definition) is 6. The molecule has 0 saturated carbocycles. The zero-order valence-electron chi connectivity index (χ0n) is 20.6. The maximum atomic E-state index is 12.5. The van der Waals surface area contributed by atoms with E-state index in [0.29, 0.717) is 25.2 Å². The Bertz CT molecular complexity index is 895. The molecule has 1 aromatic rings. The van der Waals surface area contributed by atoms with Crippen molar-refractivity contribution in [3.63, 3.8) is 0 Å². The molecule has 0 heterocycles. The maximum absolute atomic E-state index is 12.5. The molecule has 1 rings (SSSR count). The summed E-state index contributed by atoms with van der Waals surface area (Å²) in [5.74, 6) is 5.32. The van der Waals surface area contributed by atoms with Gasteiger partial charge >= 0.3 is 0 Å². The van der Waals surface area contributed by atoms with Crippen LogP contribution in [-0.2, 0) is 24.3 Å². The zero-order valence-corrected chi connectivity index (χ0v) is 24.6. The van der Waals surface area contributed by atoms with Gasteiger partial charge in [-0.1, -0.05) is 73.0 Å². The molecule has 0 fully saturated rings. The first kappa shape index (κ1) is 31.1. The molecule has 2 N–H and O–H groups in total. The summed E-state index contributed by atoms with van der Waals surface area (Å²) >= 11 is 2.39. The third kappa shape index (κ3) is 15.8. The second-order valence-electron chi connectivity index (χ2n) is 9.11. The van der Waals surface area contributed by atoms with Gasteiger partial charge in [0.2, 0.25) is 5.91 Å². The Hall–Kier alpha value is -0.973. The molecule has 10 heteroatoms. The predicted octanol–water partition coefficient (Wildman–Crippen LogP) is 4.15. The summed E-state index contributed by atoms with van der Waals surface area (Å²) in [6, 6.07) is 7.28. The fourth-order valence-electron chi connectivity index (χ4n) is 2.72. The van der Waals surface area contributed by atoms with Gasteiger partial charge in [-0.2, -0.15) is 0 Å². The van der Waals surface area contributed by atoms with E-state index in [2.05, 4.69) is 64.1 Å². The molecule has 0 unspecified atom stereocenters. The lowest BCUT2D eigenvalue weighted by molar-refractivity contribution is -0.118. The standard InChI is InChI=1S/C24H39IN2O5SSi/c1-34(2,3)18-17-32-21-26-20-24(28)27-33(29,30)23-13-10-12-22(19-23)11-6-9-16-31-15-8-5-4-7-14-25/h10,12-13,19,26H,4-5,7-9,14-18,20-21H2,1-3H3,(H,27,28). The van der Waals surface area contributed by atoms with Gasteiger partial charge in [-0.3, -0.25) is 10.1 Å². The third-order valence-corrected chi connectivity index (χ3v) is 8.49. The number of ether oxygens (including phenoxy) is 2. The molecule has 1 aromatic carbocycles. The molecule has 0 radical (unpaired) electrons. The van der Waals surface area contributed by atoms with Crippen molar-refractivity contribution in [2.24, 2.45) is 0 Å². The van der Waals surface area contributed by atoms with Gasteiger partial charge in [0, 0.05) is 33.3 Å². The van der Waals surface area contributed by atoms with Crippen LogP contribution in [0.25, 0.3) is 0 Å². The van der Waals surface area contributed by atoms with E-state index < -0.39 is 24.0 Å². The van der Waals surface area contributed by atoms with Gasteiger partial charge in [-0.05, 0) is 41.5 Å². The van der Waals surface area contributed by atoms with Crippen LogP contribution in [-0.4, -0.2) is 59.9 Å². The van der Waals surface area contributed by atoms with Crippen molar-refractivity contribution in [3.8, 4) is 11.8 Å². The molecule has 0 saturated heterocycles. The van der Waals surface area contributed by atoms with Crippen molar-refractivity contribution in [3.05, 3.63) is 29.8 Å². The van der Waals surface area contributed by atoms with Crippen molar-refractivity contribution in [1.82, 2.24) is 10.0 Å². The molecule has 34 heavy (non-hydrogen) atoms. The Morgan fingerprint density at radius 3 is 2.56 bits per heavy atom. The van der Waals surface area contributed by atoms with Crippen LogP contribution in [0.2, 0.25) is 25.7 Å². The van der Waals surface area contributed by atoms with Crippen LogP contribution in [0.15, 0.2) is 29.2 Å². The van der Waals surface area contributed by atoms with E-state index in [4.69, 9.17) is 9.47 Å². The number of carbonyl (C=O) groups excluding carboxylic acids is 1. The van der Waals surface area contributed by atoms with E-state index >= 15 is 0 Å². The highest BCUT2D eigenvalue weighted by Crippen LogP contribution is 2.11. The second-order valence-corrected chi connectivity index (χ2v) is 17.5. The van der Waals surface area contributed by atoms with E-state index in [1.165, 1.54) is 35.8 Å². The highest BCUT2D eigenvalue weighted by atomic mass is 127. The van der Waals surface area contributed by atoms with E-state index in [0.717, 1.165) is 19.1 Å². The summed E-state index contributed by atoms with van der Waals surface area (Å²) < 4.78 is 39.4. The highest BCUT2D eigenvalue weighted by molar-refractivity contribution is 14.1. The van der Waals surface area contributed by atoms with Crippen molar-refractivity contribution < 1.29 is 22.7 Å². The number of halogens is 1. The van der Waals surface area contributed by atoms with Crippen molar-refractivity contribution in [1.29, 1.82) is 0 Å². The zero-order chi connectivity index (χ0) is 25.3. The number of sulfonamides is 1. The number of hydrogen-bond donors (Lipinski definition) is 2. The van der Waals surface area contributed by atoms with Gasteiger partial charge in [-0.25, -0.2) is 13.1 Å². The van der Waals surface area contributed by atoms with Crippen molar-refractivity contribution in [2.75, 3.05) is 37.5 Å². The summed E-state index contributed by atoms with van der Waals surface area (Å²) in [6.07, 6.45) is 5.34. The molecule has 0 aliphatic carbocycles. The van der Waals surface area contributed by atoms with Crippen LogP contribution in [0, 0.1) is 11.8 Å². The number of benzene rings is 1. The van der Waals surface area contributed by atoms with Crippen LogP contribution in [0.5, 0.6) is 0 Å². The maximum Gasteiger partial charge on any atom is 0.264 e. The quantitative estimate of drug-likeness (QED) is 0.0678. The molecule has 0 aromatic heterocycles. The lowest BCUT2D eigenvalue weighted by Crippen LogP contribution is -2.38. The number of nitrogens with one attached hydrogen (secondary N) is 2. The number of amides is 1. The van der Waals surface area contributed by atoms with Crippen LogP contribution >= 0.6 is 22.6 Å². The molecule has 0 aliphatic heterocycles. The number of rotatable bonds is 17. The normalized spacial score (nSPS) is 11.6. The minimum absolute atomic E-state index is 0.00166. The summed E-state index contributed by atoms with van der Waals surface area (Å²) in [7, 11) is -5.13. The van der Waals surface area contributed by atoms with E-state index in [1.807, 2.05) is 0 Å². The van der Waals surface area contributed by atoms with E-state index in [-0.39, 0.29) is 18.2 Å². The first-order valence-corrected chi connectivity index (χ1v) is 18.4. The van der Waals surface area contributed by atoms with Gasteiger partial charge < -0.3 is 9.47 Å². The van der Waals surface area contributed by atoms with E-state index in [1.54, 1.807) is 12.1 Å². The van der Waals surface area contributed by atoms with Crippen molar-refractivity contribution >= 4 is 46.6 Å². The summed E-state index contributed by atoms with van der Waals surface area (Å²) in [6.45, 7) is 8.76. The molecular weight excluding hydrogens is 583 g/mol. The van der Waals surface area contributed by atoms with Crippen molar-refractivity contribution in [2.45, 2.75) is 62.7 Å². The number of alkyl halides is 1. The molecule has 0 bridgehead atoms. The summed E-state index contributed by atoms with van der Waals surface area (Å²) in [5.41, 5.74) is 0.572. The topological polar surface area (TPSA) is 93.7 Å². The van der Waals surface area contributed by atoms with Crippen LogP contribution in [0.1, 0.15) is 37.7 Å². The highest BCUT2D eigenvalue weighted by Gasteiger charge is 2.17. The van der Waals surface area contributed by atoms with Crippen LogP contribution in [0.4, 0.5) is 0 Å². The summed E-state index contributed by atoms with van der Waals surface area (Å²) in [5, 5.41) is 2.80. The second kappa shape index (κ2) is 17.5. The molecular formula is C24H39IN2O5SSi. The summed E-state index contributed by atoms with van der Waals surface area (Å²) in [4.78, 5) is 12.0. The molecule has 0 aliphatic rings. The Morgan fingerprint density at radius 1 is 1.06 bits per heavy atom. The van der Waals surface area contributed by atoms with Crippen LogP contribution in [0.3, 0.4) is 0 Å². The first-order valence-electron chi connectivity index (χ1n) is 11.7. The number of unbranched alkanes of at least 4 members (excludes halogenated alkanes) is 3. The van der Waals surface area contributed by atoms with Crippen LogP contribution < -0.4 is 10.0 Å². The molecule has 7 nitrogen and oxygen atoms in total. The van der Waals surface area contributed by atoms with Gasteiger partial charge in [0.25, 0.3) is 10.0 Å². The SMILES string of the molecule is C[Si](C)(C)CCOCNCC(=O)NS(=O)(=O)c1cccc(C#CCCOCCCCCCI)c1. The fraction of sp³-hybridized carbons (Fsp3) is 0.625. The lowest BCUT2D eigenvalue weighted by atomic mass is 10.2. The van der Waals surface area contributed by atoms with Gasteiger partial charge in [0.05, 0.1) is 24.8 Å². The molecule has 0 atom stereocenters. The molecule has 1 amide bonds. The Kier molecular flexibility index (Phi) is 15.9. The van der Waals surface area contributed by atoms with Gasteiger partial charge in [0.1, 0.15) is 0 Å². The van der Waals surface area contributed by atoms with Gasteiger partial charge in [-0.15, -0.1) is 0 Å². The average molecular weight is 623 g/mol. The average Bonchev–Trinajstić information content (AvgIpc) is 2.76. The minimum Gasteiger partial charge on any atom is -0.380 e. The van der Waals surface area contributed by atoms with Gasteiger partial charge in [0.15, 0.2) is 0 Å². The predicted molar refractivity (Wildman–Crippen MR) is 148 cm³/mol. The third-order valence-electron chi connectivity index (χ3n) is 4.66. The largest absolute Gasteiger partial charge is 0.380 e. The first-order chi connectivity index (χ1) is 16.1. The number of carbonyl (C=O) groups is 1. The Morgan fingerprint density at radius 2 is 1.82 bits per heavy atom. The Labute approximate surface area is 220 Å².